The minimum Gasteiger partial charge on any atom is -0.346 e. The Labute approximate surface area is 159 Å². The van der Waals surface area contributed by atoms with Gasteiger partial charge in [0, 0.05) is 51.0 Å². The molecule has 0 spiro atoms. The Hall–Kier alpha value is -1.63. The number of rotatable bonds is 4. The van der Waals surface area contributed by atoms with E-state index in [2.05, 4.69) is 40.3 Å². The number of para-hydroxylation sites is 1. The van der Waals surface area contributed by atoms with Crippen LogP contribution in [0.2, 0.25) is 5.02 Å². The third-order valence-corrected chi connectivity index (χ3v) is 5.23. The number of nitrogens with zero attached hydrogens (tertiary/aromatic N) is 4. The van der Waals surface area contributed by atoms with Crippen molar-refractivity contribution in [3.63, 3.8) is 0 Å². The molecule has 0 radical (unpaired) electrons. The van der Waals surface area contributed by atoms with Crippen LogP contribution in [0, 0.1) is 6.92 Å². The van der Waals surface area contributed by atoms with Gasteiger partial charge in [0.1, 0.15) is 0 Å². The van der Waals surface area contributed by atoms with Crippen molar-refractivity contribution < 1.29 is 0 Å². The standard InChI is InChI=1S/C18H24ClN5S/c1-3-24-13-15(14(2)21-24)12-22-8-10-23(11-9-22)18(25)20-17-7-5-4-6-16(17)19/h4-7,13H,3,8-12H2,1-2H3,(H,20,25). The molecule has 0 aliphatic carbocycles. The lowest BCUT2D eigenvalue weighted by Gasteiger charge is -2.36. The third kappa shape index (κ3) is 4.51. The van der Waals surface area contributed by atoms with Gasteiger partial charge in [-0.25, -0.2) is 0 Å². The average Bonchev–Trinajstić information content (AvgIpc) is 2.97. The summed E-state index contributed by atoms with van der Waals surface area (Å²) in [5.41, 5.74) is 3.30. The van der Waals surface area contributed by atoms with Crippen molar-refractivity contribution >= 4 is 34.6 Å². The molecule has 0 bridgehead atoms. The Morgan fingerprint density at radius 2 is 1.96 bits per heavy atom. The number of benzene rings is 1. The number of hydrogen-bond acceptors (Lipinski definition) is 3. The van der Waals surface area contributed by atoms with Gasteiger partial charge in [-0.15, -0.1) is 0 Å². The van der Waals surface area contributed by atoms with Crippen molar-refractivity contribution in [2.75, 3.05) is 31.5 Å². The summed E-state index contributed by atoms with van der Waals surface area (Å²) in [4.78, 5) is 4.66. The maximum atomic E-state index is 6.19. The predicted octanol–water partition coefficient (Wildman–Crippen LogP) is 3.38. The van der Waals surface area contributed by atoms with Crippen LogP contribution in [0.15, 0.2) is 30.5 Å². The van der Waals surface area contributed by atoms with Crippen LogP contribution < -0.4 is 5.32 Å². The van der Waals surface area contributed by atoms with Gasteiger partial charge in [0.25, 0.3) is 0 Å². The van der Waals surface area contributed by atoms with E-state index in [-0.39, 0.29) is 0 Å². The summed E-state index contributed by atoms with van der Waals surface area (Å²) in [6.45, 7) is 9.86. The Bertz CT molecular complexity index is 737. The topological polar surface area (TPSA) is 36.3 Å². The van der Waals surface area contributed by atoms with Crippen LogP contribution in [0.3, 0.4) is 0 Å². The van der Waals surface area contributed by atoms with Gasteiger partial charge in [0.15, 0.2) is 5.11 Å². The van der Waals surface area contributed by atoms with Gasteiger partial charge in [0.05, 0.1) is 16.4 Å². The summed E-state index contributed by atoms with van der Waals surface area (Å²) in [5.74, 6) is 0. The van der Waals surface area contributed by atoms with E-state index in [1.54, 1.807) is 0 Å². The maximum Gasteiger partial charge on any atom is 0.173 e. The summed E-state index contributed by atoms with van der Waals surface area (Å²) < 4.78 is 2.00. The van der Waals surface area contributed by atoms with E-state index in [0.717, 1.165) is 55.8 Å². The number of halogens is 1. The van der Waals surface area contributed by atoms with Gasteiger partial charge in [-0.2, -0.15) is 5.10 Å². The molecule has 5 nitrogen and oxygen atoms in total. The van der Waals surface area contributed by atoms with Crippen LogP contribution >= 0.6 is 23.8 Å². The molecule has 1 aliphatic rings. The fourth-order valence-corrected chi connectivity index (χ4v) is 3.46. The lowest BCUT2D eigenvalue weighted by atomic mass is 10.2. The Morgan fingerprint density at radius 3 is 2.60 bits per heavy atom. The van der Waals surface area contributed by atoms with Crippen LogP contribution in [-0.2, 0) is 13.1 Å². The molecule has 1 aromatic heterocycles. The van der Waals surface area contributed by atoms with Crippen molar-refractivity contribution in [3.05, 3.63) is 46.7 Å². The minimum absolute atomic E-state index is 0.687. The molecule has 1 fully saturated rings. The zero-order chi connectivity index (χ0) is 17.8. The quantitative estimate of drug-likeness (QED) is 0.826. The zero-order valence-corrected chi connectivity index (χ0v) is 16.3. The Morgan fingerprint density at radius 1 is 1.24 bits per heavy atom. The summed E-state index contributed by atoms with van der Waals surface area (Å²) in [5, 5.41) is 9.21. The lowest BCUT2D eigenvalue weighted by Crippen LogP contribution is -2.49. The van der Waals surface area contributed by atoms with Crippen molar-refractivity contribution in [2.45, 2.75) is 26.9 Å². The first-order valence-corrected chi connectivity index (χ1v) is 9.41. The minimum atomic E-state index is 0.687. The molecule has 0 atom stereocenters. The van der Waals surface area contributed by atoms with E-state index in [4.69, 9.17) is 23.8 Å². The molecule has 3 rings (SSSR count). The molecule has 0 unspecified atom stereocenters. The van der Waals surface area contributed by atoms with Gasteiger partial charge < -0.3 is 10.2 Å². The second kappa shape index (κ2) is 8.17. The van der Waals surface area contributed by atoms with E-state index in [9.17, 15) is 0 Å². The fraction of sp³-hybridized carbons (Fsp3) is 0.444. The van der Waals surface area contributed by atoms with Crippen LogP contribution in [-0.4, -0.2) is 50.9 Å². The number of nitrogens with one attached hydrogen (secondary N) is 1. The summed E-state index contributed by atoms with van der Waals surface area (Å²) in [7, 11) is 0. The summed E-state index contributed by atoms with van der Waals surface area (Å²) in [6.07, 6.45) is 2.16. The van der Waals surface area contributed by atoms with Gasteiger partial charge in [-0.3, -0.25) is 9.58 Å². The van der Waals surface area contributed by atoms with E-state index in [1.165, 1.54) is 5.56 Å². The fourth-order valence-electron chi connectivity index (χ4n) is 2.98. The maximum absolute atomic E-state index is 6.19. The molecule has 2 heterocycles. The SMILES string of the molecule is CCn1cc(CN2CCN(C(=S)Nc3ccccc3Cl)CC2)c(C)n1. The molecule has 134 valence electrons. The number of aryl methyl sites for hydroxylation is 2. The monoisotopic (exact) mass is 377 g/mol. The van der Waals surface area contributed by atoms with Gasteiger partial charge >= 0.3 is 0 Å². The van der Waals surface area contributed by atoms with Crippen LogP contribution in [0.25, 0.3) is 0 Å². The highest BCUT2D eigenvalue weighted by molar-refractivity contribution is 7.80. The molecule has 1 saturated heterocycles. The number of thiocarbonyl (C=S) groups is 1. The molecule has 0 saturated carbocycles. The van der Waals surface area contributed by atoms with Gasteiger partial charge in [-0.1, -0.05) is 23.7 Å². The summed E-state index contributed by atoms with van der Waals surface area (Å²) in [6, 6.07) is 7.67. The molecule has 7 heteroatoms. The normalized spacial score (nSPS) is 15.4. The molecule has 1 N–H and O–H groups in total. The third-order valence-electron chi connectivity index (χ3n) is 4.54. The van der Waals surface area contributed by atoms with Gasteiger partial charge in [-0.05, 0) is 38.2 Å². The largest absolute Gasteiger partial charge is 0.346 e. The molecule has 2 aromatic rings. The molecule has 25 heavy (non-hydrogen) atoms. The van der Waals surface area contributed by atoms with Gasteiger partial charge in [0.2, 0.25) is 0 Å². The zero-order valence-electron chi connectivity index (χ0n) is 14.7. The second-order valence-electron chi connectivity index (χ2n) is 6.27. The van der Waals surface area contributed by atoms with Crippen molar-refractivity contribution in [3.8, 4) is 0 Å². The van der Waals surface area contributed by atoms with Crippen LogP contribution in [0.4, 0.5) is 5.69 Å². The molecule has 1 aliphatic heterocycles. The highest BCUT2D eigenvalue weighted by Crippen LogP contribution is 2.21. The number of anilines is 1. The smallest absolute Gasteiger partial charge is 0.173 e. The molecule has 1 aromatic carbocycles. The lowest BCUT2D eigenvalue weighted by molar-refractivity contribution is 0.176. The molecular formula is C18H24ClN5S. The average molecular weight is 378 g/mol. The highest BCUT2D eigenvalue weighted by Gasteiger charge is 2.20. The first kappa shape index (κ1) is 18.2. The number of piperazine rings is 1. The van der Waals surface area contributed by atoms with E-state index in [1.807, 2.05) is 28.9 Å². The number of aromatic nitrogens is 2. The summed E-state index contributed by atoms with van der Waals surface area (Å²) >= 11 is 11.7. The van der Waals surface area contributed by atoms with E-state index < -0.39 is 0 Å². The highest BCUT2D eigenvalue weighted by atomic mass is 35.5. The van der Waals surface area contributed by atoms with E-state index >= 15 is 0 Å². The molecular weight excluding hydrogens is 354 g/mol. The van der Waals surface area contributed by atoms with E-state index in [0.29, 0.717) is 5.02 Å². The Kier molecular flexibility index (Phi) is 5.93. The van der Waals surface area contributed by atoms with Crippen LogP contribution in [0.5, 0.6) is 0 Å². The number of hydrogen-bond donors (Lipinski definition) is 1. The Balaban J connectivity index is 1.52. The second-order valence-corrected chi connectivity index (χ2v) is 7.06. The first-order chi connectivity index (χ1) is 12.1. The molecule has 0 amide bonds. The van der Waals surface area contributed by atoms with Crippen molar-refractivity contribution in [2.24, 2.45) is 0 Å². The van der Waals surface area contributed by atoms with Crippen LogP contribution in [0.1, 0.15) is 18.2 Å². The predicted molar refractivity (Wildman–Crippen MR) is 107 cm³/mol. The first-order valence-electron chi connectivity index (χ1n) is 8.62. The van der Waals surface area contributed by atoms with Crippen molar-refractivity contribution in [1.82, 2.24) is 19.6 Å². The van der Waals surface area contributed by atoms with Crippen molar-refractivity contribution in [1.29, 1.82) is 0 Å².